The molecule has 8 aliphatic rings. The molecule has 28 N–H and O–H groups in total. The number of aliphatic hydroxyl groups excluding tert-OH is 23. The lowest BCUT2D eigenvalue weighted by atomic mass is 9.82. The summed E-state index contributed by atoms with van der Waals surface area (Å²) in [4.78, 5) is 136. The van der Waals surface area contributed by atoms with Crippen LogP contribution in [0.4, 0.5) is 0 Å². The largest absolute Gasteiger partial charge is 0.394 e. The summed E-state index contributed by atoms with van der Waals surface area (Å²) < 4.78 is 73.1. The molecule has 0 aromatic heterocycles. The standard InChI is InChI=1S/C83H138N6O47/c1-37-30-42(56(103)63(110)55(37)102)123-28-26-86-77(122)41(21-19-39(95)13-11-27-124-80-72(119)74(134-82-70(117)66(113)59(106)45(33-92)130-82)61(108)47(132-80)35-126-78-68(115)64(111)57(104)43(31-90)128-78)88-50(97)15-7-4-10-24-85-76(121)40(87-51(98)16-8-9-17-54(101)136-89-52(99)22-23-53(89)100)20-18-38(94)12-5-2-3-6-14-49(96)84-25-29-125-81-73(120)75(135-83-71(118)67(114)60(107)46(34-93)131-83)62(109)48(133-81)36-127-79-69(116)65(112)58(105)44(32-91)129-79/h37,40-48,55-75,78-83,90-93,102-120H,2-36H2,1H3,(H,84,96)(H,85,121)(H,86,122)(H,87,98)(H,88,97)/t37-,40+,41+,42-,43-,44-,45-,46-,47-,48-,55-,56-,57-,58-,59-,60-,61-,62-,63-,64+,65+,66+,67+,68+,69+,70+,71+,72+,73+,74+,75+,78+,79+,80+,81+,82-,83-/m1/s1. The van der Waals surface area contributed by atoms with Crippen LogP contribution in [0.2, 0.25) is 0 Å². The number of rotatable bonds is 56. The fourth-order valence-corrected chi connectivity index (χ4v) is 16.3. The van der Waals surface area contributed by atoms with E-state index in [-0.39, 0.29) is 161 Å². The Hall–Kier alpha value is -6.14. The van der Waals surface area contributed by atoms with Crippen LogP contribution in [0.25, 0.3) is 0 Å². The smallest absolute Gasteiger partial charge is 0.333 e. The minimum Gasteiger partial charge on any atom is -0.394 e. The number of nitrogens with one attached hydrogen (secondary N) is 5. The van der Waals surface area contributed by atoms with Crippen molar-refractivity contribution < 1.29 is 232 Å². The van der Waals surface area contributed by atoms with E-state index in [1.54, 1.807) is 6.92 Å². The monoisotopic (exact) mass is 1970 g/mol. The third-order valence-electron chi connectivity index (χ3n) is 24.6. The molecular weight excluding hydrogens is 1830 g/mol. The Bertz CT molecular complexity index is 3670. The fourth-order valence-electron chi connectivity index (χ4n) is 16.3. The van der Waals surface area contributed by atoms with Gasteiger partial charge in [0.2, 0.25) is 29.5 Å². The third-order valence-corrected chi connectivity index (χ3v) is 24.6. The Morgan fingerprint density at radius 3 is 1.15 bits per heavy atom. The molecule has 0 aromatic rings. The van der Waals surface area contributed by atoms with Gasteiger partial charge >= 0.3 is 5.97 Å². The summed E-state index contributed by atoms with van der Waals surface area (Å²) in [5.74, 6) is -6.56. The van der Waals surface area contributed by atoms with Crippen molar-refractivity contribution in [1.82, 2.24) is 31.6 Å². The lowest BCUT2D eigenvalue weighted by molar-refractivity contribution is -0.366. The summed E-state index contributed by atoms with van der Waals surface area (Å²) in [5.41, 5.74) is 0. The Morgan fingerprint density at radius 2 is 0.691 bits per heavy atom. The van der Waals surface area contributed by atoms with Crippen LogP contribution >= 0.6 is 0 Å². The van der Waals surface area contributed by atoms with Crippen LogP contribution in [0, 0.1) is 5.92 Å². The molecule has 7 amide bonds. The minimum absolute atomic E-state index is 0.00826. The van der Waals surface area contributed by atoms with Gasteiger partial charge in [-0.3, -0.25) is 43.2 Å². The van der Waals surface area contributed by atoms with Crippen LogP contribution in [-0.4, -0.2) is 481 Å². The first-order chi connectivity index (χ1) is 64.7. The first kappa shape index (κ1) is 115. The van der Waals surface area contributed by atoms with E-state index in [0.29, 0.717) is 37.2 Å². The highest BCUT2D eigenvalue weighted by Crippen LogP contribution is 2.36. The molecule has 782 valence electrons. The van der Waals surface area contributed by atoms with Crippen molar-refractivity contribution in [2.75, 3.05) is 79.1 Å². The maximum atomic E-state index is 13.8. The van der Waals surface area contributed by atoms with E-state index in [1.807, 2.05) is 0 Å². The Kier molecular flexibility index (Phi) is 48.4. The van der Waals surface area contributed by atoms with E-state index >= 15 is 0 Å². The molecule has 0 spiro atoms. The summed E-state index contributed by atoms with van der Waals surface area (Å²) >= 11 is 0. The van der Waals surface area contributed by atoms with Crippen molar-refractivity contribution in [3.8, 4) is 0 Å². The summed E-state index contributed by atoms with van der Waals surface area (Å²) in [7, 11) is 0. The van der Waals surface area contributed by atoms with Crippen molar-refractivity contribution in [1.29, 1.82) is 0 Å². The predicted molar refractivity (Wildman–Crippen MR) is 444 cm³/mol. The number of unbranched alkanes of at least 4 members (excludes halogenated alkanes) is 6. The molecule has 0 radical (unpaired) electrons. The molecule has 0 unspecified atom stereocenters. The molecule has 0 bridgehead atoms. The molecule has 53 heteroatoms. The maximum absolute atomic E-state index is 13.8. The zero-order valence-electron chi connectivity index (χ0n) is 75.1. The molecule has 1 aliphatic carbocycles. The summed E-state index contributed by atoms with van der Waals surface area (Å²) in [6.07, 6.45) is -58.0. The van der Waals surface area contributed by atoms with E-state index in [0.717, 1.165) is 0 Å². The summed E-state index contributed by atoms with van der Waals surface area (Å²) in [6, 6.07) is -2.59. The second-order valence-corrected chi connectivity index (χ2v) is 34.9. The van der Waals surface area contributed by atoms with Crippen molar-refractivity contribution in [2.45, 2.75) is 375 Å². The first-order valence-electron chi connectivity index (χ1n) is 45.9. The molecule has 7 saturated heterocycles. The second kappa shape index (κ2) is 57.2. The number of ketones is 2. The highest BCUT2D eigenvalue weighted by atomic mass is 16.8. The Labute approximate surface area is 780 Å². The second-order valence-electron chi connectivity index (χ2n) is 34.9. The predicted octanol–water partition coefficient (Wildman–Crippen LogP) is -13.7. The maximum Gasteiger partial charge on any atom is 0.333 e. The quantitative estimate of drug-likeness (QED) is 0.0199. The molecule has 136 heavy (non-hydrogen) atoms. The van der Waals surface area contributed by atoms with E-state index < -0.39 is 319 Å². The van der Waals surface area contributed by atoms with Gasteiger partial charge in [-0.05, 0) is 70.1 Å². The van der Waals surface area contributed by atoms with Crippen molar-refractivity contribution in [3.05, 3.63) is 0 Å². The zero-order valence-corrected chi connectivity index (χ0v) is 75.1. The number of carbonyl (C=O) groups excluding carboxylic acids is 10. The molecule has 53 nitrogen and oxygen atoms in total. The number of carbonyl (C=O) groups is 10. The van der Waals surface area contributed by atoms with Crippen LogP contribution in [0.15, 0.2) is 0 Å². The lowest BCUT2D eigenvalue weighted by Crippen LogP contribution is -2.65. The topological polar surface area (TPSA) is 829 Å². The lowest BCUT2D eigenvalue weighted by Gasteiger charge is -2.46. The molecule has 1 saturated carbocycles. The van der Waals surface area contributed by atoms with Gasteiger partial charge in [0.05, 0.1) is 71.7 Å². The van der Waals surface area contributed by atoms with Crippen LogP contribution < -0.4 is 26.6 Å². The number of hydrogen-bond donors (Lipinski definition) is 28. The van der Waals surface area contributed by atoms with E-state index in [2.05, 4.69) is 26.6 Å². The Morgan fingerprint density at radius 1 is 0.338 bits per heavy atom. The van der Waals surface area contributed by atoms with Gasteiger partial charge < -0.3 is 210 Å². The average molecular weight is 1970 g/mol. The molecule has 7 heterocycles. The van der Waals surface area contributed by atoms with Gasteiger partial charge in [0, 0.05) is 83.8 Å². The highest BCUT2D eigenvalue weighted by Gasteiger charge is 2.56. The summed E-state index contributed by atoms with van der Waals surface area (Å²) in [5, 5.41) is 255. The average Bonchev–Trinajstić information content (AvgIpc) is 1.17. The van der Waals surface area contributed by atoms with Gasteiger partial charge in [0.1, 0.15) is 182 Å². The molecule has 37 atom stereocenters. The summed E-state index contributed by atoms with van der Waals surface area (Å²) in [6.45, 7) is -4.47. The van der Waals surface area contributed by atoms with Crippen LogP contribution in [0.5, 0.6) is 0 Å². The fraction of sp³-hybridized carbons (Fsp3) is 0.880. The number of amides is 7. The van der Waals surface area contributed by atoms with Gasteiger partial charge in [-0.1, -0.05) is 26.2 Å². The van der Waals surface area contributed by atoms with Gasteiger partial charge in [0.15, 0.2) is 37.7 Å². The number of Topliss-reactive ketones (excluding diaryl/α,β-unsaturated/α-hetero) is 2. The SMILES string of the molecule is C[C@@H]1C[C@@H](OCCNC(=O)[C@H](CCC(=O)CCCO[C@H]2O[C@H](CO[C@H]3O[C@H](CO)[C@@H](O)[C@H](O)[C@@H]3O)[C@@H](O)[C@H](O[C@H]3O[C@H](CO)[C@@H](O)[C@H](O)[C@@H]3O)[C@@H]2O)NC(=O)CCCCCNC(=O)[C@H](CCC(=O)CCCCCCC(=O)NCCO[C@H]2O[C@H](CO[C@H]3O[C@H](CO)[C@@H](O)[C@H](O)[C@@H]3O)[C@@H](O)[C@H](O[C@H]3O[C@H](CO)[C@@H](O)[C@H](O)[C@@H]3O)[C@@H]2O)NC(=O)CCCCC(=O)ON2C(=O)CCC2=O)[C@@H](O)[C@H](O)[C@@H]1O. The number of hydroxylamine groups is 2. The molecule has 8 rings (SSSR count). The minimum atomic E-state index is -2.03. The number of aliphatic hydroxyl groups is 23. The van der Waals surface area contributed by atoms with Crippen LogP contribution in [0.1, 0.15) is 155 Å². The number of nitrogens with zero attached hydrogens (tertiary/aromatic N) is 1. The first-order valence-corrected chi connectivity index (χ1v) is 45.9. The van der Waals surface area contributed by atoms with Crippen molar-refractivity contribution in [3.63, 3.8) is 0 Å². The molecule has 7 aliphatic heterocycles. The van der Waals surface area contributed by atoms with Gasteiger partial charge in [-0.15, -0.1) is 5.06 Å². The molecule has 8 fully saturated rings. The van der Waals surface area contributed by atoms with E-state index in [1.165, 1.54) is 0 Å². The zero-order chi connectivity index (χ0) is 99.9. The van der Waals surface area contributed by atoms with Crippen molar-refractivity contribution >= 4 is 58.9 Å². The van der Waals surface area contributed by atoms with Crippen molar-refractivity contribution in [2.24, 2.45) is 5.92 Å². The molecule has 0 aromatic carbocycles. The Balaban J connectivity index is 0.792. The molecular formula is C83H138N6O47. The van der Waals surface area contributed by atoms with Gasteiger partial charge in [-0.25, -0.2) is 4.79 Å². The van der Waals surface area contributed by atoms with Gasteiger partial charge in [-0.2, -0.15) is 0 Å². The number of ether oxygens (including phenoxy) is 13. The number of imide groups is 1. The van der Waals surface area contributed by atoms with Crippen LogP contribution in [0.3, 0.4) is 0 Å². The van der Waals surface area contributed by atoms with E-state index in [4.69, 9.17) is 66.4 Å². The van der Waals surface area contributed by atoms with E-state index in [9.17, 15) is 165 Å². The highest BCUT2D eigenvalue weighted by molar-refractivity contribution is 6.01. The normalized spacial score (nSPS) is 36.5. The third kappa shape index (κ3) is 33.2. The van der Waals surface area contributed by atoms with Gasteiger partial charge in [0.25, 0.3) is 11.8 Å². The van der Waals surface area contributed by atoms with Crippen LogP contribution in [-0.2, 0) is 114 Å². The number of hydrogen-bond acceptors (Lipinski definition) is 47.